The molecule has 6 nitrogen and oxygen atoms in total. The maximum Gasteiger partial charge on any atom is 0.329 e. The molecule has 1 aliphatic carbocycles. The van der Waals surface area contributed by atoms with Gasteiger partial charge in [0.15, 0.2) is 5.82 Å². The molecule has 1 atom stereocenters. The van der Waals surface area contributed by atoms with E-state index in [4.69, 9.17) is 0 Å². The minimum Gasteiger partial charge on any atom is -0.480 e. The van der Waals surface area contributed by atoms with Crippen LogP contribution in [0, 0.1) is 17.2 Å². The molecule has 0 amide bonds. The number of aryl methyl sites for hydroxylation is 1. The number of aliphatic carboxylic acids is 1. The molecule has 1 heterocycles. The summed E-state index contributed by atoms with van der Waals surface area (Å²) in [6, 6.07) is 2.15. The van der Waals surface area contributed by atoms with Gasteiger partial charge in [-0.25, -0.2) is 4.79 Å². The summed E-state index contributed by atoms with van der Waals surface area (Å²) in [6.45, 7) is 5.57. The summed E-state index contributed by atoms with van der Waals surface area (Å²) in [4.78, 5) is 11.6. The molecule has 6 heteroatoms. The summed E-state index contributed by atoms with van der Waals surface area (Å²) in [5.41, 5.74) is 0.959. The molecule has 1 aliphatic rings. The zero-order valence-corrected chi connectivity index (χ0v) is 12.6. The van der Waals surface area contributed by atoms with Gasteiger partial charge in [-0.2, -0.15) is 10.4 Å². The van der Waals surface area contributed by atoms with Crippen molar-refractivity contribution in [3.05, 3.63) is 16.8 Å². The lowest BCUT2D eigenvalue weighted by molar-refractivity contribution is -0.142. The molecule has 0 aromatic carbocycles. The number of hydrogen-bond donors (Lipinski definition) is 2. The largest absolute Gasteiger partial charge is 0.480 e. The molecule has 2 N–H and O–H groups in total. The number of anilines is 1. The molecule has 0 saturated heterocycles. The van der Waals surface area contributed by atoms with Crippen molar-refractivity contribution in [3.8, 4) is 6.07 Å². The van der Waals surface area contributed by atoms with Crippen LogP contribution in [0.15, 0.2) is 0 Å². The fourth-order valence-electron chi connectivity index (χ4n) is 2.62. The molecule has 1 aromatic rings. The first-order chi connectivity index (χ1) is 9.97. The summed E-state index contributed by atoms with van der Waals surface area (Å²) in [7, 11) is 0. The van der Waals surface area contributed by atoms with Crippen molar-refractivity contribution in [2.24, 2.45) is 5.92 Å². The number of nitriles is 1. The van der Waals surface area contributed by atoms with Gasteiger partial charge in [-0.15, -0.1) is 5.10 Å². The van der Waals surface area contributed by atoms with Crippen molar-refractivity contribution in [1.82, 2.24) is 10.2 Å². The van der Waals surface area contributed by atoms with Crippen molar-refractivity contribution in [2.75, 3.05) is 5.32 Å². The Bertz CT molecular complexity index is 604. The highest BCUT2D eigenvalue weighted by molar-refractivity contribution is 5.83. The first kappa shape index (κ1) is 15.2. The quantitative estimate of drug-likeness (QED) is 0.832. The van der Waals surface area contributed by atoms with Crippen LogP contribution < -0.4 is 5.32 Å². The van der Waals surface area contributed by atoms with Crippen LogP contribution in [0.5, 0.6) is 0 Å². The summed E-state index contributed by atoms with van der Waals surface area (Å²) in [5.74, 6) is -0.573. The molecule has 21 heavy (non-hydrogen) atoms. The smallest absolute Gasteiger partial charge is 0.329 e. The number of rotatable bonds is 6. The number of carboxylic acid groups (broad SMARTS) is 1. The normalized spacial score (nSPS) is 16.9. The van der Waals surface area contributed by atoms with Crippen LogP contribution in [0.4, 0.5) is 5.82 Å². The van der Waals surface area contributed by atoms with E-state index in [1.54, 1.807) is 6.92 Å². The maximum absolute atomic E-state index is 11.6. The van der Waals surface area contributed by atoms with Gasteiger partial charge in [-0.3, -0.25) is 0 Å². The fraction of sp³-hybridized carbons (Fsp3) is 0.600. The number of nitrogens with zero attached hydrogens (tertiary/aromatic N) is 3. The Morgan fingerprint density at radius 2 is 2.10 bits per heavy atom. The topological polar surface area (TPSA) is 98.9 Å². The first-order valence-corrected chi connectivity index (χ1v) is 7.28. The molecule has 1 fully saturated rings. The summed E-state index contributed by atoms with van der Waals surface area (Å²) < 4.78 is 0. The van der Waals surface area contributed by atoms with Crippen LogP contribution in [0.3, 0.4) is 0 Å². The van der Waals surface area contributed by atoms with E-state index < -0.39 is 11.5 Å². The van der Waals surface area contributed by atoms with E-state index >= 15 is 0 Å². The lowest BCUT2D eigenvalue weighted by Gasteiger charge is -2.27. The minimum atomic E-state index is -1.10. The second-order valence-corrected chi connectivity index (χ2v) is 5.57. The summed E-state index contributed by atoms with van der Waals surface area (Å²) in [5, 5.41) is 30.1. The van der Waals surface area contributed by atoms with Crippen LogP contribution in [0.1, 0.15) is 50.4 Å². The Hall–Kier alpha value is -2.16. The number of carboxylic acids is 1. The number of hydrogen-bond acceptors (Lipinski definition) is 5. The Labute approximate surface area is 124 Å². The third-order valence-electron chi connectivity index (χ3n) is 4.17. The van der Waals surface area contributed by atoms with Crippen molar-refractivity contribution < 1.29 is 9.90 Å². The van der Waals surface area contributed by atoms with Crippen LogP contribution in [0.25, 0.3) is 0 Å². The Balaban J connectivity index is 2.45. The highest BCUT2D eigenvalue weighted by atomic mass is 16.4. The third kappa shape index (κ3) is 2.68. The van der Waals surface area contributed by atoms with Gasteiger partial charge < -0.3 is 10.4 Å². The van der Waals surface area contributed by atoms with E-state index in [9.17, 15) is 15.2 Å². The lowest BCUT2D eigenvalue weighted by Crippen LogP contribution is -2.46. The van der Waals surface area contributed by atoms with E-state index in [2.05, 4.69) is 21.6 Å². The molecule has 1 aromatic heterocycles. The molecule has 1 unspecified atom stereocenters. The Morgan fingerprint density at radius 1 is 1.43 bits per heavy atom. The molecule has 0 aliphatic heterocycles. The van der Waals surface area contributed by atoms with E-state index in [0.717, 1.165) is 24.1 Å². The number of nitrogens with one attached hydrogen (secondary N) is 1. The van der Waals surface area contributed by atoms with Gasteiger partial charge in [0.1, 0.15) is 17.2 Å². The van der Waals surface area contributed by atoms with Crippen molar-refractivity contribution in [2.45, 2.75) is 52.0 Å². The predicted octanol–water partition coefficient (Wildman–Crippen LogP) is 2.14. The SMILES string of the molecule is CCc1nnc(NC(C)(C(=O)O)C2CC2)c(C#N)c1CC. The predicted molar refractivity (Wildman–Crippen MR) is 77.9 cm³/mol. The average molecular weight is 288 g/mol. The molecule has 0 radical (unpaired) electrons. The monoisotopic (exact) mass is 288 g/mol. The number of aromatic nitrogens is 2. The van der Waals surface area contributed by atoms with Gasteiger partial charge >= 0.3 is 5.97 Å². The Kier molecular flexibility index (Phi) is 4.12. The fourth-order valence-corrected chi connectivity index (χ4v) is 2.62. The molecule has 1 saturated carbocycles. The third-order valence-corrected chi connectivity index (χ3v) is 4.17. The van der Waals surface area contributed by atoms with Crippen molar-refractivity contribution >= 4 is 11.8 Å². The molecule has 2 rings (SSSR count). The molecular weight excluding hydrogens is 268 g/mol. The zero-order chi connectivity index (χ0) is 15.6. The molecule has 0 spiro atoms. The zero-order valence-electron chi connectivity index (χ0n) is 12.6. The maximum atomic E-state index is 11.6. The van der Waals surface area contributed by atoms with E-state index in [0.29, 0.717) is 18.4 Å². The van der Waals surface area contributed by atoms with Gasteiger partial charge in [0.2, 0.25) is 0 Å². The summed E-state index contributed by atoms with van der Waals surface area (Å²) >= 11 is 0. The minimum absolute atomic E-state index is 0.0688. The second kappa shape index (κ2) is 5.68. The summed E-state index contributed by atoms with van der Waals surface area (Å²) in [6.07, 6.45) is 3.12. The second-order valence-electron chi connectivity index (χ2n) is 5.57. The highest BCUT2D eigenvalue weighted by Gasteiger charge is 2.48. The van der Waals surface area contributed by atoms with Gasteiger partial charge in [0.05, 0.1) is 5.69 Å². The van der Waals surface area contributed by atoms with Crippen LogP contribution in [-0.2, 0) is 17.6 Å². The van der Waals surface area contributed by atoms with Crippen molar-refractivity contribution in [1.29, 1.82) is 5.26 Å². The highest BCUT2D eigenvalue weighted by Crippen LogP contribution is 2.42. The average Bonchev–Trinajstić information content (AvgIpc) is 3.31. The first-order valence-electron chi connectivity index (χ1n) is 7.28. The molecule has 112 valence electrons. The van der Waals surface area contributed by atoms with Crippen LogP contribution >= 0.6 is 0 Å². The number of carbonyl (C=O) groups is 1. The van der Waals surface area contributed by atoms with Crippen LogP contribution in [0.2, 0.25) is 0 Å². The van der Waals surface area contributed by atoms with Gasteiger partial charge in [0.25, 0.3) is 0 Å². The standard InChI is InChI=1S/C15H20N4O2/c1-4-10-11(8-16)13(19-18-12(10)5-2)17-15(3,14(20)21)9-6-7-9/h9H,4-7H2,1-3H3,(H,17,19)(H,20,21). The van der Waals surface area contributed by atoms with Gasteiger partial charge in [0, 0.05) is 0 Å². The van der Waals surface area contributed by atoms with Gasteiger partial charge in [-0.05, 0) is 44.1 Å². The molecular formula is C15H20N4O2. The van der Waals surface area contributed by atoms with Crippen molar-refractivity contribution in [3.63, 3.8) is 0 Å². The lowest BCUT2D eigenvalue weighted by atomic mass is 9.95. The van der Waals surface area contributed by atoms with Crippen LogP contribution in [-0.4, -0.2) is 26.8 Å². The Morgan fingerprint density at radius 3 is 2.52 bits per heavy atom. The van der Waals surface area contributed by atoms with E-state index in [-0.39, 0.29) is 11.7 Å². The van der Waals surface area contributed by atoms with Gasteiger partial charge in [-0.1, -0.05) is 13.8 Å². The van der Waals surface area contributed by atoms with E-state index in [1.165, 1.54) is 0 Å². The van der Waals surface area contributed by atoms with E-state index in [1.807, 2.05) is 13.8 Å². The molecule has 0 bridgehead atoms.